The molecule has 1 aromatic heterocycles. The van der Waals surface area contributed by atoms with Gasteiger partial charge in [-0.25, -0.2) is 4.98 Å². The Kier molecular flexibility index (Phi) is 3.55. The fraction of sp³-hybridized carbons (Fsp3) is 0.176. The summed E-state index contributed by atoms with van der Waals surface area (Å²) in [6.45, 7) is 1.81. The first-order chi connectivity index (χ1) is 10.6. The Labute approximate surface area is 128 Å². The number of carbonyl (C=O) groups is 1. The van der Waals surface area contributed by atoms with Gasteiger partial charge in [0.2, 0.25) is 0 Å². The van der Waals surface area contributed by atoms with Gasteiger partial charge in [0.05, 0.1) is 25.3 Å². The summed E-state index contributed by atoms with van der Waals surface area (Å²) in [6.07, 6.45) is 0. The van der Waals surface area contributed by atoms with Gasteiger partial charge in [0.25, 0.3) is 5.91 Å². The number of nitrogens with zero attached hydrogens (tertiary/aromatic N) is 2. The molecular formula is C17H16N2O3. The quantitative estimate of drug-likeness (QED) is 0.745. The summed E-state index contributed by atoms with van der Waals surface area (Å²) in [7, 11) is 3.11. The number of aryl methyl sites for hydroxylation is 1. The van der Waals surface area contributed by atoms with Gasteiger partial charge in [-0.2, -0.15) is 0 Å². The summed E-state index contributed by atoms with van der Waals surface area (Å²) in [4.78, 5) is 17.3. The molecule has 0 aliphatic carbocycles. The maximum atomic E-state index is 12.9. The van der Waals surface area contributed by atoms with E-state index in [0.717, 1.165) is 11.0 Å². The maximum Gasteiger partial charge on any atom is 0.264 e. The summed E-state index contributed by atoms with van der Waals surface area (Å²) in [6, 6.07) is 12.7. The van der Waals surface area contributed by atoms with Crippen molar-refractivity contribution in [3.05, 3.63) is 53.9 Å². The molecule has 0 spiro atoms. The number of methoxy groups -OCH3 is 2. The summed E-state index contributed by atoms with van der Waals surface area (Å²) < 4.78 is 12.1. The molecule has 112 valence electrons. The number of para-hydroxylation sites is 2. The lowest BCUT2D eigenvalue weighted by Gasteiger charge is -2.09. The standard InChI is InChI=1S/C17H16N2O3/c1-11-18-15-6-4-5-7-16(15)19(11)17(20)12-8-13(21-2)10-14(9-12)22-3/h4-10H,1-3H3. The molecule has 0 bridgehead atoms. The Morgan fingerprint density at radius 1 is 1.05 bits per heavy atom. The highest BCUT2D eigenvalue weighted by Crippen LogP contribution is 2.25. The SMILES string of the molecule is COc1cc(OC)cc(C(=O)n2c(C)nc3ccccc32)c1. The lowest BCUT2D eigenvalue weighted by molar-refractivity contribution is 0.0961. The van der Waals surface area contributed by atoms with E-state index in [4.69, 9.17) is 9.47 Å². The molecule has 2 aromatic carbocycles. The van der Waals surface area contributed by atoms with Gasteiger partial charge in [0.1, 0.15) is 17.3 Å². The second-order valence-electron chi connectivity index (χ2n) is 4.89. The van der Waals surface area contributed by atoms with E-state index in [0.29, 0.717) is 22.9 Å². The van der Waals surface area contributed by atoms with E-state index in [9.17, 15) is 4.79 Å². The molecular weight excluding hydrogens is 280 g/mol. The second-order valence-corrected chi connectivity index (χ2v) is 4.89. The topological polar surface area (TPSA) is 53.4 Å². The minimum Gasteiger partial charge on any atom is -0.497 e. The molecule has 5 heteroatoms. The zero-order valence-corrected chi connectivity index (χ0v) is 12.7. The molecule has 1 heterocycles. The van der Waals surface area contributed by atoms with Gasteiger partial charge in [-0.3, -0.25) is 9.36 Å². The minimum absolute atomic E-state index is 0.164. The summed E-state index contributed by atoms with van der Waals surface area (Å²) in [5, 5.41) is 0. The van der Waals surface area contributed by atoms with Crippen molar-refractivity contribution >= 4 is 16.9 Å². The number of ether oxygens (including phenoxy) is 2. The van der Waals surface area contributed by atoms with Crippen molar-refractivity contribution in [1.29, 1.82) is 0 Å². The molecule has 3 aromatic rings. The van der Waals surface area contributed by atoms with Crippen molar-refractivity contribution in [2.24, 2.45) is 0 Å². The maximum absolute atomic E-state index is 12.9. The van der Waals surface area contributed by atoms with E-state index in [-0.39, 0.29) is 5.91 Å². The highest BCUT2D eigenvalue weighted by Gasteiger charge is 2.17. The van der Waals surface area contributed by atoms with Crippen LogP contribution in [-0.2, 0) is 0 Å². The van der Waals surface area contributed by atoms with Crippen molar-refractivity contribution in [3.63, 3.8) is 0 Å². The Balaban J connectivity index is 2.15. The molecule has 0 radical (unpaired) electrons. The fourth-order valence-electron chi connectivity index (χ4n) is 2.46. The van der Waals surface area contributed by atoms with Gasteiger partial charge in [0, 0.05) is 11.6 Å². The number of hydrogen-bond acceptors (Lipinski definition) is 4. The van der Waals surface area contributed by atoms with Crippen molar-refractivity contribution in [3.8, 4) is 11.5 Å². The Hall–Kier alpha value is -2.82. The number of fused-ring (bicyclic) bond motifs is 1. The van der Waals surface area contributed by atoms with Crippen LogP contribution in [0, 0.1) is 6.92 Å². The second kappa shape index (κ2) is 5.52. The van der Waals surface area contributed by atoms with Gasteiger partial charge in [0.15, 0.2) is 0 Å². The third-order valence-electron chi connectivity index (χ3n) is 3.53. The number of rotatable bonds is 3. The van der Waals surface area contributed by atoms with E-state index < -0.39 is 0 Å². The smallest absolute Gasteiger partial charge is 0.264 e. The molecule has 0 atom stereocenters. The molecule has 22 heavy (non-hydrogen) atoms. The molecule has 0 aliphatic heterocycles. The van der Waals surface area contributed by atoms with Crippen LogP contribution in [0.4, 0.5) is 0 Å². The highest BCUT2D eigenvalue weighted by atomic mass is 16.5. The van der Waals surface area contributed by atoms with Crippen LogP contribution in [0.15, 0.2) is 42.5 Å². The van der Waals surface area contributed by atoms with Crippen LogP contribution in [-0.4, -0.2) is 29.7 Å². The van der Waals surface area contributed by atoms with Crippen molar-refractivity contribution < 1.29 is 14.3 Å². The van der Waals surface area contributed by atoms with Crippen molar-refractivity contribution in [2.45, 2.75) is 6.92 Å². The lowest BCUT2D eigenvalue weighted by atomic mass is 10.1. The predicted molar refractivity (Wildman–Crippen MR) is 83.7 cm³/mol. The molecule has 0 aliphatic rings. The lowest BCUT2D eigenvalue weighted by Crippen LogP contribution is -2.13. The minimum atomic E-state index is -0.164. The van der Waals surface area contributed by atoms with Crippen LogP contribution in [0.2, 0.25) is 0 Å². The fourth-order valence-corrected chi connectivity index (χ4v) is 2.46. The molecule has 0 N–H and O–H groups in total. The number of carbonyl (C=O) groups excluding carboxylic acids is 1. The van der Waals surface area contributed by atoms with Crippen molar-refractivity contribution in [1.82, 2.24) is 9.55 Å². The Bertz CT molecular complexity index is 830. The molecule has 5 nitrogen and oxygen atoms in total. The average molecular weight is 296 g/mol. The van der Waals surface area contributed by atoms with E-state index in [1.165, 1.54) is 0 Å². The van der Waals surface area contributed by atoms with Crippen LogP contribution < -0.4 is 9.47 Å². The summed E-state index contributed by atoms with van der Waals surface area (Å²) in [5.41, 5.74) is 2.07. The first kappa shape index (κ1) is 14.1. The third kappa shape index (κ3) is 2.30. The van der Waals surface area contributed by atoms with Crippen LogP contribution in [0.25, 0.3) is 11.0 Å². The highest BCUT2D eigenvalue weighted by molar-refractivity contribution is 6.02. The van der Waals surface area contributed by atoms with Gasteiger partial charge in [-0.15, -0.1) is 0 Å². The summed E-state index contributed by atoms with van der Waals surface area (Å²) >= 11 is 0. The molecule has 0 fully saturated rings. The third-order valence-corrected chi connectivity index (χ3v) is 3.53. The van der Waals surface area contributed by atoms with E-state index in [2.05, 4.69) is 4.98 Å². The number of benzene rings is 2. The number of aromatic nitrogens is 2. The molecule has 0 saturated carbocycles. The zero-order chi connectivity index (χ0) is 15.7. The molecule has 3 rings (SSSR count). The van der Waals surface area contributed by atoms with Gasteiger partial charge < -0.3 is 9.47 Å². The molecule has 0 unspecified atom stereocenters. The Morgan fingerprint density at radius 2 is 1.68 bits per heavy atom. The first-order valence-corrected chi connectivity index (χ1v) is 6.86. The van der Waals surface area contributed by atoms with Gasteiger partial charge >= 0.3 is 0 Å². The molecule has 0 saturated heterocycles. The zero-order valence-electron chi connectivity index (χ0n) is 12.7. The monoisotopic (exact) mass is 296 g/mol. The molecule has 0 amide bonds. The van der Waals surface area contributed by atoms with E-state index in [1.807, 2.05) is 31.2 Å². The van der Waals surface area contributed by atoms with E-state index in [1.54, 1.807) is 37.0 Å². The predicted octanol–water partition coefficient (Wildman–Crippen LogP) is 3.05. The normalized spacial score (nSPS) is 10.7. The number of imidazole rings is 1. The first-order valence-electron chi connectivity index (χ1n) is 6.86. The average Bonchev–Trinajstić information content (AvgIpc) is 2.89. The van der Waals surface area contributed by atoms with Crippen LogP contribution >= 0.6 is 0 Å². The van der Waals surface area contributed by atoms with Crippen LogP contribution in [0.1, 0.15) is 16.2 Å². The number of hydrogen-bond donors (Lipinski definition) is 0. The Morgan fingerprint density at radius 3 is 2.32 bits per heavy atom. The van der Waals surface area contributed by atoms with Gasteiger partial charge in [-0.1, -0.05) is 12.1 Å². The summed E-state index contributed by atoms with van der Waals surface area (Å²) in [5.74, 6) is 1.63. The van der Waals surface area contributed by atoms with Gasteiger partial charge in [-0.05, 0) is 31.2 Å². The van der Waals surface area contributed by atoms with Crippen molar-refractivity contribution in [2.75, 3.05) is 14.2 Å². The van der Waals surface area contributed by atoms with E-state index >= 15 is 0 Å². The largest absolute Gasteiger partial charge is 0.497 e. The van der Waals surface area contributed by atoms with Crippen LogP contribution in [0.3, 0.4) is 0 Å². The van der Waals surface area contributed by atoms with Crippen LogP contribution in [0.5, 0.6) is 11.5 Å².